The SMILES string of the molecule is O=C(O)CN(CCN(CC(=O)O)CC(=O)O)CC(=O)O.O=C(O)CN(CCN(CC(=O)O)CC(=O)O)CC(=O)O.O=C(O)CN(CCN(CC(=O)O)CC(=O)O)CC(=O)O.[Fe].[Fe].[Fe].[Fe].[Fe]. The fourth-order valence-electron chi connectivity index (χ4n) is 4.43. The molecular formula is C30H48Fe5N6O24. The topological polar surface area (TPSA) is 467 Å². The zero-order valence-corrected chi connectivity index (χ0v) is 39.0. The molecule has 35 heteroatoms. The van der Waals surface area contributed by atoms with Crippen molar-refractivity contribution in [1.29, 1.82) is 0 Å². The molecule has 65 heavy (non-hydrogen) atoms. The Morgan fingerprint density at radius 3 is 0.292 bits per heavy atom. The molecule has 0 spiro atoms. The van der Waals surface area contributed by atoms with Crippen LogP contribution in [0.1, 0.15) is 0 Å². The molecule has 0 rings (SSSR count). The van der Waals surface area contributed by atoms with Crippen LogP contribution >= 0.6 is 0 Å². The molecule has 0 aliphatic heterocycles. The number of rotatable bonds is 33. The van der Waals surface area contributed by atoms with E-state index in [-0.39, 0.29) is 125 Å². The van der Waals surface area contributed by atoms with E-state index in [9.17, 15) is 57.5 Å². The summed E-state index contributed by atoms with van der Waals surface area (Å²) in [6.07, 6.45) is 0. The van der Waals surface area contributed by atoms with Crippen LogP contribution in [0.5, 0.6) is 0 Å². The molecule has 0 aliphatic carbocycles. The van der Waals surface area contributed by atoms with Gasteiger partial charge in [0.1, 0.15) is 0 Å². The molecule has 382 valence electrons. The van der Waals surface area contributed by atoms with Crippen molar-refractivity contribution < 1.29 is 204 Å². The van der Waals surface area contributed by atoms with Crippen LogP contribution in [0, 0.1) is 0 Å². The summed E-state index contributed by atoms with van der Waals surface area (Å²) in [5.41, 5.74) is 0. The summed E-state index contributed by atoms with van der Waals surface area (Å²) in [4.78, 5) is 133. The van der Waals surface area contributed by atoms with E-state index in [1.165, 1.54) is 0 Å². The van der Waals surface area contributed by atoms with Gasteiger partial charge in [-0.15, -0.1) is 0 Å². The summed E-state index contributed by atoms with van der Waals surface area (Å²) >= 11 is 0. The quantitative estimate of drug-likeness (QED) is 0.0272. The molecule has 0 atom stereocenters. The number of hydrogen-bond donors (Lipinski definition) is 12. The van der Waals surface area contributed by atoms with Gasteiger partial charge in [-0.25, -0.2) is 0 Å². The normalized spacial score (nSPS) is 9.88. The van der Waals surface area contributed by atoms with E-state index >= 15 is 0 Å². The summed E-state index contributed by atoms with van der Waals surface area (Å²) in [7, 11) is 0. The van der Waals surface area contributed by atoms with Gasteiger partial charge in [-0.3, -0.25) is 86.9 Å². The molecule has 0 unspecified atom stereocenters. The van der Waals surface area contributed by atoms with Gasteiger partial charge in [0.2, 0.25) is 0 Å². The number of carboxylic acids is 12. The second-order valence-electron chi connectivity index (χ2n) is 12.0. The molecular weight excluding hydrogens is 1110 g/mol. The van der Waals surface area contributed by atoms with Gasteiger partial charge in [0, 0.05) is 125 Å². The Morgan fingerprint density at radius 1 is 0.185 bits per heavy atom. The van der Waals surface area contributed by atoms with Crippen molar-refractivity contribution >= 4 is 71.6 Å². The third-order valence-corrected chi connectivity index (χ3v) is 6.50. The minimum atomic E-state index is -1.23. The Hall–Kier alpha value is -4.00. The molecule has 0 aromatic rings. The fraction of sp³-hybridized carbons (Fsp3) is 0.600. The van der Waals surface area contributed by atoms with Crippen LogP contribution in [0.25, 0.3) is 0 Å². The van der Waals surface area contributed by atoms with Crippen LogP contribution < -0.4 is 0 Å². The first-order valence-corrected chi connectivity index (χ1v) is 16.6. The summed E-state index contributed by atoms with van der Waals surface area (Å²) in [5.74, 6) is -14.7. The number of carbonyl (C=O) groups is 12. The number of nitrogens with zero attached hydrogens (tertiary/aromatic N) is 6. The van der Waals surface area contributed by atoms with E-state index in [0.29, 0.717) is 0 Å². The molecule has 12 N–H and O–H groups in total. The van der Waals surface area contributed by atoms with Crippen molar-refractivity contribution in [2.45, 2.75) is 0 Å². The van der Waals surface area contributed by atoms with E-state index in [0.717, 1.165) is 29.4 Å². The first-order valence-electron chi connectivity index (χ1n) is 16.6. The van der Waals surface area contributed by atoms with E-state index in [4.69, 9.17) is 61.3 Å². The summed E-state index contributed by atoms with van der Waals surface area (Å²) in [6.45, 7) is -6.75. The Morgan fingerprint density at radius 2 is 0.246 bits per heavy atom. The number of aliphatic carboxylic acids is 12. The zero-order valence-electron chi connectivity index (χ0n) is 33.4. The van der Waals surface area contributed by atoms with Crippen molar-refractivity contribution in [3.05, 3.63) is 0 Å². The van der Waals surface area contributed by atoms with Crippen LogP contribution in [0.3, 0.4) is 0 Å². The Labute approximate surface area is 420 Å². The van der Waals surface area contributed by atoms with E-state index in [2.05, 4.69) is 0 Å². The second kappa shape index (κ2) is 45.2. The maximum Gasteiger partial charge on any atom is 0.317 e. The molecule has 0 saturated heterocycles. The van der Waals surface area contributed by atoms with Gasteiger partial charge in [-0.1, -0.05) is 0 Å². The molecule has 0 saturated carbocycles. The first kappa shape index (κ1) is 78.2. The third-order valence-electron chi connectivity index (χ3n) is 6.50. The Bertz CT molecular complexity index is 1140. The van der Waals surface area contributed by atoms with Gasteiger partial charge in [0.05, 0.1) is 78.5 Å². The van der Waals surface area contributed by atoms with Crippen LogP contribution in [0.4, 0.5) is 0 Å². The van der Waals surface area contributed by atoms with Crippen LogP contribution in [-0.2, 0) is 143 Å². The molecule has 0 amide bonds. The van der Waals surface area contributed by atoms with Crippen LogP contribution in [0.2, 0.25) is 0 Å². The van der Waals surface area contributed by atoms with Gasteiger partial charge in [-0.2, -0.15) is 0 Å². The summed E-state index contributed by atoms with van der Waals surface area (Å²) < 4.78 is 0. The van der Waals surface area contributed by atoms with E-state index in [1.807, 2.05) is 0 Å². The minimum absolute atomic E-state index is 0. The molecule has 0 radical (unpaired) electrons. The average molecular weight is 1160 g/mol. The standard InChI is InChI=1S/3C10H16N2O8.5Fe/c3*13-7(14)3-11(4-8(15)16)1-2-12(5-9(17)18)6-10(19)20;;;;;/h3*1-6H2,(H,13,14)(H,15,16)(H,17,18)(H,19,20);;;;;. The predicted molar refractivity (Wildman–Crippen MR) is 190 cm³/mol. The van der Waals surface area contributed by atoms with Crippen molar-refractivity contribution in [2.24, 2.45) is 0 Å². The summed E-state index contributed by atoms with van der Waals surface area (Å²) in [6, 6.07) is 0. The van der Waals surface area contributed by atoms with E-state index < -0.39 is 150 Å². The molecule has 0 aromatic carbocycles. The average Bonchev–Trinajstić information content (AvgIpc) is 3.02. The smallest absolute Gasteiger partial charge is 0.317 e. The number of hydrogen-bond acceptors (Lipinski definition) is 18. The summed E-state index contributed by atoms with van der Waals surface area (Å²) in [5, 5.41) is 103. The monoisotopic (exact) mass is 1160 g/mol. The maximum absolute atomic E-state index is 10.6. The Kier molecular flexibility index (Phi) is 54.3. The number of carboxylic acid groups (broad SMARTS) is 12. The van der Waals surface area contributed by atoms with Crippen molar-refractivity contribution in [3.63, 3.8) is 0 Å². The predicted octanol–water partition coefficient (Wildman–Crippen LogP) is -6.23. The molecule has 0 fully saturated rings. The van der Waals surface area contributed by atoms with Gasteiger partial charge >= 0.3 is 71.6 Å². The molecule has 0 aliphatic rings. The molecule has 0 bridgehead atoms. The molecule has 0 heterocycles. The van der Waals surface area contributed by atoms with Gasteiger partial charge in [-0.05, 0) is 0 Å². The largest absolute Gasteiger partial charge is 0.480 e. The van der Waals surface area contributed by atoms with Crippen LogP contribution in [0.15, 0.2) is 0 Å². The van der Waals surface area contributed by atoms with Crippen molar-refractivity contribution in [2.75, 3.05) is 118 Å². The second-order valence-corrected chi connectivity index (χ2v) is 12.0. The van der Waals surface area contributed by atoms with Crippen LogP contribution in [-0.4, -0.2) is 280 Å². The molecule has 30 nitrogen and oxygen atoms in total. The van der Waals surface area contributed by atoms with Gasteiger partial charge in [0.15, 0.2) is 0 Å². The van der Waals surface area contributed by atoms with Crippen molar-refractivity contribution in [3.8, 4) is 0 Å². The van der Waals surface area contributed by atoms with Crippen molar-refractivity contribution in [1.82, 2.24) is 29.4 Å². The minimum Gasteiger partial charge on any atom is -0.480 e. The van der Waals surface area contributed by atoms with Gasteiger partial charge in [0.25, 0.3) is 0 Å². The third kappa shape index (κ3) is 58.0. The zero-order chi connectivity index (χ0) is 47.1. The first-order chi connectivity index (χ1) is 27.6. The molecule has 0 aromatic heterocycles. The fourth-order valence-corrected chi connectivity index (χ4v) is 4.43. The van der Waals surface area contributed by atoms with Gasteiger partial charge < -0.3 is 61.3 Å². The Balaban J connectivity index is -0.000000120. The van der Waals surface area contributed by atoms with E-state index in [1.54, 1.807) is 0 Å². The maximum atomic E-state index is 10.6.